The highest BCUT2D eigenvalue weighted by Gasteiger charge is 2.18. The quantitative estimate of drug-likeness (QED) is 0.772. The van der Waals surface area contributed by atoms with Gasteiger partial charge in [0.25, 0.3) is 0 Å². The maximum atomic E-state index is 5.52. The zero-order valence-electron chi connectivity index (χ0n) is 11.7. The number of likely N-dealkylation sites (N-methyl/N-ethyl adjacent to an activating group) is 1. The maximum Gasteiger partial charge on any atom is 0.165 e. The van der Waals surface area contributed by atoms with Gasteiger partial charge < -0.3 is 19.5 Å². The molecule has 0 saturated carbocycles. The van der Waals surface area contributed by atoms with Crippen LogP contribution >= 0.6 is 0 Å². The summed E-state index contributed by atoms with van der Waals surface area (Å²) >= 11 is 0. The molecule has 1 unspecified atom stereocenters. The molecule has 1 atom stereocenters. The summed E-state index contributed by atoms with van der Waals surface area (Å²) in [6.45, 7) is 6.26. The zero-order valence-corrected chi connectivity index (χ0v) is 11.7. The summed E-state index contributed by atoms with van der Waals surface area (Å²) in [5.74, 6) is 1.51. The van der Waals surface area contributed by atoms with Gasteiger partial charge in [-0.15, -0.1) is 0 Å². The van der Waals surface area contributed by atoms with Crippen molar-refractivity contribution in [2.75, 3.05) is 34.0 Å². The van der Waals surface area contributed by atoms with Crippen LogP contribution in [0.5, 0.6) is 11.5 Å². The lowest BCUT2D eigenvalue weighted by atomic mass is 10.1. The van der Waals surface area contributed by atoms with Gasteiger partial charge in [0, 0.05) is 12.2 Å². The number of hydrogen-bond donors (Lipinski definition) is 1. The molecule has 0 fully saturated rings. The van der Waals surface area contributed by atoms with E-state index in [1.54, 1.807) is 14.2 Å². The number of hydrogen-bond acceptors (Lipinski definition) is 4. The fourth-order valence-corrected chi connectivity index (χ4v) is 1.93. The summed E-state index contributed by atoms with van der Waals surface area (Å²) in [6, 6.07) is 6.01. The fraction of sp³-hybridized carbons (Fsp3) is 0.571. The van der Waals surface area contributed by atoms with Crippen molar-refractivity contribution in [2.24, 2.45) is 0 Å². The average molecular weight is 253 g/mol. The Balaban J connectivity index is 3.01. The van der Waals surface area contributed by atoms with Crippen molar-refractivity contribution in [3.8, 4) is 11.5 Å². The van der Waals surface area contributed by atoms with E-state index < -0.39 is 0 Å². The molecule has 4 heteroatoms. The molecule has 4 nitrogen and oxygen atoms in total. The predicted molar refractivity (Wildman–Crippen MR) is 72.5 cm³/mol. The summed E-state index contributed by atoms with van der Waals surface area (Å²) in [4.78, 5) is 0. The van der Waals surface area contributed by atoms with Crippen LogP contribution in [0, 0.1) is 0 Å². The van der Waals surface area contributed by atoms with Crippen molar-refractivity contribution in [3.05, 3.63) is 23.8 Å². The van der Waals surface area contributed by atoms with Crippen molar-refractivity contribution in [3.63, 3.8) is 0 Å². The molecule has 18 heavy (non-hydrogen) atoms. The number of nitrogens with one attached hydrogen (secondary N) is 1. The second-order valence-corrected chi connectivity index (χ2v) is 3.85. The van der Waals surface area contributed by atoms with Crippen molar-refractivity contribution >= 4 is 0 Å². The summed E-state index contributed by atoms with van der Waals surface area (Å²) in [7, 11) is 3.30. The highest BCUT2D eigenvalue weighted by Crippen LogP contribution is 2.34. The average Bonchev–Trinajstić information content (AvgIpc) is 2.42. The molecular formula is C14H23NO3. The molecule has 0 spiro atoms. The SMILES string of the molecule is CCNC(COCC)c1cccc(OC)c1OC. The van der Waals surface area contributed by atoms with E-state index in [1.807, 2.05) is 25.1 Å². The Morgan fingerprint density at radius 3 is 2.50 bits per heavy atom. The molecule has 0 aromatic heterocycles. The van der Waals surface area contributed by atoms with Crippen molar-refractivity contribution in [1.82, 2.24) is 5.32 Å². The van der Waals surface area contributed by atoms with Gasteiger partial charge in [0.2, 0.25) is 0 Å². The molecule has 1 aromatic carbocycles. The molecule has 0 saturated heterocycles. The Hall–Kier alpha value is -1.26. The van der Waals surface area contributed by atoms with Crippen molar-refractivity contribution in [1.29, 1.82) is 0 Å². The molecule has 0 amide bonds. The smallest absolute Gasteiger partial charge is 0.165 e. The molecule has 1 N–H and O–H groups in total. The van der Waals surface area contributed by atoms with Crippen LogP contribution < -0.4 is 14.8 Å². The van der Waals surface area contributed by atoms with E-state index in [1.165, 1.54) is 0 Å². The first-order chi connectivity index (χ1) is 8.78. The summed E-state index contributed by atoms with van der Waals surface area (Å²) in [5.41, 5.74) is 1.06. The van der Waals surface area contributed by atoms with E-state index in [9.17, 15) is 0 Å². The second-order valence-electron chi connectivity index (χ2n) is 3.85. The lowest BCUT2D eigenvalue weighted by molar-refractivity contribution is 0.122. The lowest BCUT2D eigenvalue weighted by Gasteiger charge is -2.21. The van der Waals surface area contributed by atoms with Gasteiger partial charge in [-0.3, -0.25) is 0 Å². The second kappa shape index (κ2) is 7.95. The Kier molecular flexibility index (Phi) is 6.54. The Bertz CT molecular complexity index is 355. The number of rotatable bonds is 8. The molecule has 0 aliphatic carbocycles. The van der Waals surface area contributed by atoms with E-state index in [2.05, 4.69) is 12.2 Å². The van der Waals surface area contributed by atoms with E-state index in [0.717, 1.165) is 23.6 Å². The Morgan fingerprint density at radius 1 is 1.17 bits per heavy atom. The number of ether oxygens (including phenoxy) is 3. The summed E-state index contributed by atoms with van der Waals surface area (Å²) < 4.78 is 16.3. The van der Waals surface area contributed by atoms with Crippen LogP contribution in [0.15, 0.2) is 18.2 Å². The minimum atomic E-state index is 0.111. The van der Waals surface area contributed by atoms with Crippen LogP contribution in [0.1, 0.15) is 25.5 Å². The van der Waals surface area contributed by atoms with Gasteiger partial charge in [-0.25, -0.2) is 0 Å². The van der Waals surface area contributed by atoms with Gasteiger partial charge in [-0.1, -0.05) is 19.1 Å². The van der Waals surface area contributed by atoms with Crippen molar-refractivity contribution in [2.45, 2.75) is 19.9 Å². The van der Waals surface area contributed by atoms with Gasteiger partial charge in [0.1, 0.15) is 0 Å². The predicted octanol–water partition coefficient (Wildman–Crippen LogP) is 2.39. The van der Waals surface area contributed by atoms with Gasteiger partial charge in [-0.2, -0.15) is 0 Å². The first-order valence-corrected chi connectivity index (χ1v) is 6.30. The molecule has 0 aliphatic rings. The van der Waals surface area contributed by atoms with E-state index in [4.69, 9.17) is 14.2 Å². The first-order valence-electron chi connectivity index (χ1n) is 6.30. The standard InChI is InChI=1S/C14H23NO3/c1-5-15-12(10-18-6-2)11-8-7-9-13(16-3)14(11)17-4/h7-9,12,15H,5-6,10H2,1-4H3. The van der Waals surface area contributed by atoms with Crippen LogP contribution in [0.3, 0.4) is 0 Å². The third-order valence-electron chi connectivity index (χ3n) is 2.75. The maximum absolute atomic E-state index is 5.52. The fourth-order valence-electron chi connectivity index (χ4n) is 1.93. The summed E-state index contributed by atoms with van der Waals surface area (Å²) in [6.07, 6.45) is 0. The lowest BCUT2D eigenvalue weighted by Crippen LogP contribution is -2.26. The van der Waals surface area contributed by atoms with Crippen molar-refractivity contribution < 1.29 is 14.2 Å². The van der Waals surface area contributed by atoms with E-state index >= 15 is 0 Å². The Morgan fingerprint density at radius 2 is 1.94 bits per heavy atom. The molecule has 0 radical (unpaired) electrons. The molecule has 1 rings (SSSR count). The van der Waals surface area contributed by atoms with Crippen LogP contribution in [-0.2, 0) is 4.74 Å². The van der Waals surface area contributed by atoms with Gasteiger partial charge in [-0.05, 0) is 19.5 Å². The zero-order chi connectivity index (χ0) is 13.4. The highest BCUT2D eigenvalue weighted by molar-refractivity contribution is 5.48. The molecule has 1 aromatic rings. The third-order valence-corrected chi connectivity index (χ3v) is 2.75. The van der Waals surface area contributed by atoms with Gasteiger partial charge in [0.15, 0.2) is 11.5 Å². The van der Waals surface area contributed by atoms with Gasteiger partial charge in [0.05, 0.1) is 26.9 Å². The first kappa shape index (κ1) is 14.8. The van der Waals surface area contributed by atoms with Crippen LogP contribution in [-0.4, -0.2) is 34.0 Å². The van der Waals surface area contributed by atoms with Crippen LogP contribution in [0.25, 0.3) is 0 Å². The minimum absolute atomic E-state index is 0.111. The molecule has 102 valence electrons. The van der Waals surface area contributed by atoms with Crippen LogP contribution in [0.2, 0.25) is 0 Å². The van der Waals surface area contributed by atoms with E-state index in [0.29, 0.717) is 13.2 Å². The molecule has 0 aliphatic heterocycles. The van der Waals surface area contributed by atoms with E-state index in [-0.39, 0.29) is 6.04 Å². The monoisotopic (exact) mass is 253 g/mol. The molecule has 0 heterocycles. The van der Waals surface area contributed by atoms with Gasteiger partial charge >= 0.3 is 0 Å². The Labute approximate surface area is 109 Å². The number of benzene rings is 1. The molecule has 0 bridgehead atoms. The number of para-hydroxylation sites is 1. The topological polar surface area (TPSA) is 39.7 Å². The minimum Gasteiger partial charge on any atom is -0.493 e. The van der Waals surface area contributed by atoms with Crippen LogP contribution in [0.4, 0.5) is 0 Å². The molecular weight excluding hydrogens is 230 g/mol. The largest absolute Gasteiger partial charge is 0.493 e. The summed E-state index contributed by atoms with van der Waals surface area (Å²) in [5, 5.41) is 3.40. The third kappa shape index (κ3) is 3.62. The highest BCUT2D eigenvalue weighted by atomic mass is 16.5. The normalized spacial score (nSPS) is 12.2. The number of methoxy groups -OCH3 is 2.